The van der Waals surface area contributed by atoms with E-state index < -0.39 is 5.97 Å². The summed E-state index contributed by atoms with van der Waals surface area (Å²) in [5.74, 6) is 0.238. The second-order valence-corrected chi connectivity index (χ2v) is 7.62. The van der Waals surface area contributed by atoms with Gasteiger partial charge in [0.1, 0.15) is 12.4 Å². The summed E-state index contributed by atoms with van der Waals surface area (Å²) < 4.78 is 11.3. The predicted octanol–water partition coefficient (Wildman–Crippen LogP) is 6.23. The maximum Gasteiger partial charge on any atom is 0.363 e. The van der Waals surface area contributed by atoms with Crippen molar-refractivity contribution in [2.45, 2.75) is 13.5 Å². The molecule has 4 nitrogen and oxygen atoms in total. The second kappa shape index (κ2) is 8.74. The van der Waals surface area contributed by atoms with E-state index in [1.807, 2.05) is 55.5 Å². The van der Waals surface area contributed by atoms with E-state index in [1.54, 1.807) is 24.3 Å². The SMILES string of the molecule is Cc1ccc(COc2ccccc2/C=C2\N=C(c3ccc(Cl)cc3Cl)OC2=O)cc1. The van der Waals surface area contributed by atoms with Crippen molar-refractivity contribution in [3.63, 3.8) is 0 Å². The lowest BCUT2D eigenvalue weighted by molar-refractivity contribution is -0.129. The number of aliphatic imine (C=N–C) groups is 1. The number of aryl methyl sites for hydroxylation is 1. The average Bonchev–Trinajstić information content (AvgIpc) is 3.08. The van der Waals surface area contributed by atoms with Gasteiger partial charge < -0.3 is 9.47 Å². The highest BCUT2D eigenvalue weighted by Crippen LogP contribution is 2.28. The Morgan fingerprint density at radius 2 is 1.80 bits per heavy atom. The lowest BCUT2D eigenvalue weighted by Gasteiger charge is -2.09. The highest BCUT2D eigenvalue weighted by atomic mass is 35.5. The topological polar surface area (TPSA) is 47.9 Å². The van der Waals surface area contributed by atoms with E-state index in [2.05, 4.69) is 4.99 Å². The van der Waals surface area contributed by atoms with E-state index in [0.29, 0.717) is 28.0 Å². The summed E-state index contributed by atoms with van der Waals surface area (Å²) in [6.45, 7) is 2.46. The normalized spacial score (nSPS) is 14.6. The van der Waals surface area contributed by atoms with E-state index in [4.69, 9.17) is 32.7 Å². The molecule has 150 valence electrons. The Hall–Kier alpha value is -3.08. The summed E-state index contributed by atoms with van der Waals surface area (Å²) in [7, 11) is 0. The molecule has 0 radical (unpaired) electrons. The van der Waals surface area contributed by atoms with Gasteiger partial charge in [-0.25, -0.2) is 9.79 Å². The zero-order chi connectivity index (χ0) is 21.1. The maximum absolute atomic E-state index is 12.3. The standard InChI is InChI=1S/C24H17Cl2NO3/c1-15-6-8-16(9-7-15)14-29-22-5-3-2-4-17(22)12-21-24(28)30-23(27-21)19-11-10-18(25)13-20(19)26/h2-13H,14H2,1H3/b21-12-. The monoisotopic (exact) mass is 437 g/mol. The van der Waals surface area contributed by atoms with Crippen LogP contribution in [0.3, 0.4) is 0 Å². The molecule has 0 N–H and O–H groups in total. The second-order valence-electron chi connectivity index (χ2n) is 6.77. The molecule has 0 atom stereocenters. The van der Waals surface area contributed by atoms with Crippen LogP contribution < -0.4 is 4.74 Å². The number of hydrogen-bond acceptors (Lipinski definition) is 4. The zero-order valence-electron chi connectivity index (χ0n) is 16.1. The minimum absolute atomic E-state index is 0.144. The molecule has 4 rings (SSSR count). The Bertz CT molecular complexity index is 1170. The fourth-order valence-electron chi connectivity index (χ4n) is 2.91. The summed E-state index contributed by atoms with van der Waals surface area (Å²) in [4.78, 5) is 16.7. The van der Waals surface area contributed by atoms with Crippen molar-refractivity contribution in [2.24, 2.45) is 4.99 Å². The Balaban J connectivity index is 1.59. The van der Waals surface area contributed by atoms with Crippen LogP contribution in [-0.4, -0.2) is 11.9 Å². The first kappa shape index (κ1) is 20.2. The molecule has 1 aliphatic heterocycles. The van der Waals surface area contributed by atoms with Crippen molar-refractivity contribution in [3.8, 4) is 5.75 Å². The molecule has 30 heavy (non-hydrogen) atoms. The number of cyclic esters (lactones) is 1. The van der Waals surface area contributed by atoms with E-state index in [9.17, 15) is 4.79 Å². The number of carbonyl (C=O) groups is 1. The van der Waals surface area contributed by atoms with Gasteiger partial charge in [0, 0.05) is 10.6 Å². The molecule has 0 aliphatic carbocycles. The summed E-state index contributed by atoms with van der Waals surface area (Å²) >= 11 is 12.1. The van der Waals surface area contributed by atoms with Crippen molar-refractivity contribution >= 4 is 41.1 Å². The highest BCUT2D eigenvalue weighted by molar-refractivity contribution is 6.37. The molecule has 0 spiro atoms. The summed E-state index contributed by atoms with van der Waals surface area (Å²) in [6.07, 6.45) is 1.64. The number of hydrogen-bond donors (Lipinski definition) is 0. The van der Waals surface area contributed by atoms with E-state index >= 15 is 0 Å². The number of esters is 1. The molecule has 3 aromatic rings. The number of halogens is 2. The van der Waals surface area contributed by atoms with Crippen LogP contribution in [0.1, 0.15) is 22.3 Å². The molecule has 0 saturated heterocycles. The van der Waals surface area contributed by atoms with Crippen LogP contribution in [0.25, 0.3) is 6.08 Å². The van der Waals surface area contributed by atoms with E-state index in [0.717, 1.165) is 11.1 Å². The van der Waals surface area contributed by atoms with Gasteiger partial charge in [-0.3, -0.25) is 0 Å². The number of para-hydroxylation sites is 1. The van der Waals surface area contributed by atoms with Crippen LogP contribution in [0.4, 0.5) is 0 Å². The highest BCUT2D eigenvalue weighted by Gasteiger charge is 2.26. The smallest absolute Gasteiger partial charge is 0.363 e. The van der Waals surface area contributed by atoms with E-state index in [1.165, 1.54) is 5.56 Å². The molecule has 6 heteroatoms. The average molecular weight is 438 g/mol. The van der Waals surface area contributed by atoms with Gasteiger partial charge in [-0.2, -0.15) is 0 Å². The van der Waals surface area contributed by atoms with Gasteiger partial charge in [0.15, 0.2) is 5.70 Å². The quantitative estimate of drug-likeness (QED) is 0.351. The van der Waals surface area contributed by atoms with Crippen LogP contribution in [-0.2, 0) is 16.1 Å². The molecule has 0 fully saturated rings. The number of carbonyl (C=O) groups excluding carboxylic acids is 1. The van der Waals surface area contributed by atoms with Crippen molar-refractivity contribution in [1.29, 1.82) is 0 Å². The number of nitrogens with zero attached hydrogens (tertiary/aromatic N) is 1. The minimum atomic E-state index is -0.552. The Morgan fingerprint density at radius 1 is 1.03 bits per heavy atom. The van der Waals surface area contributed by atoms with Gasteiger partial charge in [-0.15, -0.1) is 0 Å². The first-order chi connectivity index (χ1) is 14.5. The van der Waals surface area contributed by atoms with Gasteiger partial charge in [-0.1, -0.05) is 71.2 Å². The first-order valence-corrected chi connectivity index (χ1v) is 10.0. The van der Waals surface area contributed by atoms with Gasteiger partial charge in [0.25, 0.3) is 0 Å². The minimum Gasteiger partial charge on any atom is -0.488 e. The Labute approximate surface area is 184 Å². The largest absolute Gasteiger partial charge is 0.488 e. The number of rotatable bonds is 5. The molecule has 0 saturated carbocycles. The van der Waals surface area contributed by atoms with Crippen LogP contribution in [0.5, 0.6) is 5.75 Å². The Morgan fingerprint density at radius 3 is 2.57 bits per heavy atom. The van der Waals surface area contributed by atoms with E-state index in [-0.39, 0.29) is 11.6 Å². The molecule has 1 heterocycles. The molecular weight excluding hydrogens is 421 g/mol. The predicted molar refractivity (Wildman–Crippen MR) is 119 cm³/mol. The third-order valence-corrected chi connectivity index (χ3v) is 5.06. The van der Waals surface area contributed by atoms with Gasteiger partial charge in [0.2, 0.25) is 5.90 Å². The molecule has 3 aromatic carbocycles. The van der Waals surface area contributed by atoms with Crippen molar-refractivity contribution < 1.29 is 14.3 Å². The molecule has 0 unspecified atom stereocenters. The molecule has 0 bridgehead atoms. The third-order valence-electron chi connectivity index (χ3n) is 4.51. The van der Waals surface area contributed by atoms with Crippen LogP contribution in [0.15, 0.2) is 77.4 Å². The van der Waals surface area contributed by atoms with Crippen molar-refractivity contribution in [1.82, 2.24) is 0 Å². The lowest BCUT2D eigenvalue weighted by atomic mass is 10.1. The zero-order valence-corrected chi connectivity index (χ0v) is 17.6. The molecular formula is C24H17Cl2NO3. The summed E-state index contributed by atoms with van der Waals surface area (Å²) in [5.41, 5.74) is 3.65. The van der Waals surface area contributed by atoms with Crippen molar-refractivity contribution in [3.05, 3.63) is 105 Å². The summed E-state index contributed by atoms with van der Waals surface area (Å²) in [5, 5.41) is 0.848. The maximum atomic E-state index is 12.3. The van der Waals surface area contributed by atoms with Crippen molar-refractivity contribution in [2.75, 3.05) is 0 Å². The summed E-state index contributed by atoms with van der Waals surface area (Å²) in [6, 6.07) is 20.5. The number of ether oxygens (including phenoxy) is 2. The lowest BCUT2D eigenvalue weighted by Crippen LogP contribution is -2.06. The van der Waals surface area contributed by atoms with Gasteiger partial charge in [0.05, 0.1) is 10.6 Å². The first-order valence-electron chi connectivity index (χ1n) is 9.25. The van der Waals surface area contributed by atoms with Crippen LogP contribution in [0, 0.1) is 6.92 Å². The van der Waals surface area contributed by atoms with Gasteiger partial charge >= 0.3 is 5.97 Å². The fraction of sp³-hybridized carbons (Fsp3) is 0.0833. The van der Waals surface area contributed by atoms with Gasteiger partial charge in [-0.05, 0) is 42.8 Å². The fourth-order valence-corrected chi connectivity index (χ4v) is 3.40. The molecule has 0 aromatic heterocycles. The molecule has 1 aliphatic rings. The third kappa shape index (κ3) is 4.56. The number of benzene rings is 3. The molecule has 0 amide bonds. The Kier molecular flexibility index (Phi) is 5.88. The van der Waals surface area contributed by atoms with Crippen LogP contribution >= 0.6 is 23.2 Å². The van der Waals surface area contributed by atoms with Crippen LogP contribution in [0.2, 0.25) is 10.0 Å².